The van der Waals surface area contributed by atoms with Gasteiger partial charge in [0.1, 0.15) is 0 Å². The third kappa shape index (κ3) is 3.51. The molecule has 1 aromatic rings. The van der Waals surface area contributed by atoms with Gasteiger partial charge in [-0.1, -0.05) is 30.3 Å². The van der Waals surface area contributed by atoms with Crippen molar-refractivity contribution in [3.05, 3.63) is 47.7 Å². The zero-order chi connectivity index (χ0) is 10.2. The van der Waals surface area contributed by atoms with E-state index in [2.05, 4.69) is 4.99 Å². The quantitative estimate of drug-likeness (QED) is 0.697. The van der Waals surface area contributed by atoms with Crippen LogP contribution < -0.4 is 0 Å². The first kappa shape index (κ1) is 10.6. The zero-order valence-corrected chi connectivity index (χ0v) is 7.80. The van der Waals surface area contributed by atoms with Gasteiger partial charge >= 0.3 is 0 Å². The van der Waals surface area contributed by atoms with Gasteiger partial charge in [0, 0.05) is 6.21 Å². The SMILES string of the molecule is OCC=C(CO)N=Cc1ccccc1. The Morgan fingerprint density at radius 1 is 1.21 bits per heavy atom. The monoisotopic (exact) mass is 191 g/mol. The lowest BCUT2D eigenvalue weighted by Crippen LogP contribution is -1.90. The molecular formula is C11H13NO2. The molecule has 0 amide bonds. The summed E-state index contributed by atoms with van der Waals surface area (Å²) in [4.78, 5) is 4.03. The molecule has 0 unspecified atom stereocenters. The second kappa shape index (κ2) is 6.07. The van der Waals surface area contributed by atoms with E-state index in [1.165, 1.54) is 6.08 Å². The van der Waals surface area contributed by atoms with Crippen LogP contribution in [0.15, 0.2) is 47.1 Å². The predicted molar refractivity (Wildman–Crippen MR) is 56.3 cm³/mol. The van der Waals surface area contributed by atoms with E-state index >= 15 is 0 Å². The van der Waals surface area contributed by atoms with Gasteiger partial charge in [0.05, 0.1) is 18.9 Å². The number of benzene rings is 1. The standard InChI is InChI=1S/C11H13NO2/c13-7-6-11(9-14)12-8-10-4-2-1-3-5-10/h1-6,8,13-14H,7,9H2. The first-order valence-electron chi connectivity index (χ1n) is 4.36. The molecule has 3 nitrogen and oxygen atoms in total. The Bertz CT molecular complexity index is 317. The molecule has 2 N–H and O–H groups in total. The first-order valence-corrected chi connectivity index (χ1v) is 4.36. The molecule has 0 atom stereocenters. The van der Waals surface area contributed by atoms with Crippen LogP contribution in [-0.2, 0) is 0 Å². The lowest BCUT2D eigenvalue weighted by Gasteiger charge is -1.95. The summed E-state index contributed by atoms with van der Waals surface area (Å²) in [5.74, 6) is 0. The van der Waals surface area contributed by atoms with Crippen molar-refractivity contribution >= 4 is 6.21 Å². The fourth-order valence-corrected chi connectivity index (χ4v) is 0.960. The third-order valence-corrected chi connectivity index (χ3v) is 1.67. The van der Waals surface area contributed by atoms with Crippen LogP contribution in [-0.4, -0.2) is 29.6 Å². The number of nitrogens with zero attached hydrogens (tertiary/aromatic N) is 1. The van der Waals surface area contributed by atoms with E-state index in [1.54, 1.807) is 6.21 Å². The normalized spacial score (nSPS) is 12.3. The van der Waals surface area contributed by atoms with Crippen molar-refractivity contribution in [2.45, 2.75) is 0 Å². The van der Waals surface area contributed by atoms with Crippen LogP contribution in [0.1, 0.15) is 5.56 Å². The lowest BCUT2D eigenvalue weighted by atomic mass is 10.2. The Balaban J connectivity index is 2.68. The Kier molecular flexibility index (Phi) is 4.61. The summed E-state index contributed by atoms with van der Waals surface area (Å²) in [5.41, 5.74) is 1.43. The number of hydrogen-bond donors (Lipinski definition) is 2. The fourth-order valence-electron chi connectivity index (χ4n) is 0.960. The molecule has 0 saturated heterocycles. The second-order valence-corrected chi connectivity index (χ2v) is 2.71. The van der Waals surface area contributed by atoms with E-state index in [1.807, 2.05) is 30.3 Å². The average Bonchev–Trinajstić information content (AvgIpc) is 2.25. The predicted octanol–water partition coefficient (Wildman–Crippen LogP) is 0.974. The van der Waals surface area contributed by atoms with Gasteiger partial charge in [-0.3, -0.25) is 4.99 Å². The molecule has 0 aromatic heterocycles. The molecule has 0 aliphatic rings. The highest BCUT2D eigenvalue weighted by Crippen LogP contribution is 1.98. The highest BCUT2D eigenvalue weighted by molar-refractivity contribution is 5.80. The number of rotatable bonds is 4. The molecule has 0 heterocycles. The van der Waals surface area contributed by atoms with Crippen LogP contribution >= 0.6 is 0 Å². The Labute approximate surface area is 83.1 Å². The summed E-state index contributed by atoms with van der Waals surface area (Å²) in [6.07, 6.45) is 3.12. The number of aliphatic hydroxyl groups is 2. The van der Waals surface area contributed by atoms with Crippen LogP contribution in [0.5, 0.6) is 0 Å². The van der Waals surface area contributed by atoms with Crippen molar-refractivity contribution < 1.29 is 10.2 Å². The number of hydrogen-bond acceptors (Lipinski definition) is 3. The molecule has 0 radical (unpaired) electrons. The molecule has 74 valence electrons. The molecular weight excluding hydrogens is 178 g/mol. The van der Waals surface area contributed by atoms with Gasteiger partial charge in [-0.2, -0.15) is 0 Å². The van der Waals surface area contributed by atoms with E-state index in [0.717, 1.165) is 5.56 Å². The molecule has 0 bridgehead atoms. The smallest absolute Gasteiger partial charge is 0.0850 e. The molecule has 3 heteroatoms. The van der Waals surface area contributed by atoms with Crippen LogP contribution in [0.25, 0.3) is 0 Å². The third-order valence-electron chi connectivity index (χ3n) is 1.67. The van der Waals surface area contributed by atoms with Gasteiger partial charge in [0.25, 0.3) is 0 Å². The van der Waals surface area contributed by atoms with Crippen molar-refractivity contribution in [3.63, 3.8) is 0 Å². The van der Waals surface area contributed by atoms with Crippen molar-refractivity contribution in [3.8, 4) is 0 Å². The first-order chi connectivity index (χ1) is 6.86. The summed E-state index contributed by atoms with van der Waals surface area (Å²) in [7, 11) is 0. The van der Waals surface area contributed by atoms with Crippen molar-refractivity contribution in [2.24, 2.45) is 4.99 Å². The van der Waals surface area contributed by atoms with Gasteiger partial charge in [-0.05, 0) is 11.6 Å². The molecule has 1 rings (SSSR count). The number of aliphatic imine (C=N–C) groups is 1. The maximum atomic E-state index is 8.84. The molecule has 0 saturated carbocycles. The van der Waals surface area contributed by atoms with Crippen molar-refractivity contribution in [1.82, 2.24) is 0 Å². The van der Waals surface area contributed by atoms with Crippen LogP contribution in [0, 0.1) is 0 Å². The highest BCUT2D eigenvalue weighted by Gasteiger charge is 1.89. The summed E-state index contributed by atoms with van der Waals surface area (Å²) in [6, 6.07) is 9.58. The van der Waals surface area contributed by atoms with Crippen LogP contribution in [0.2, 0.25) is 0 Å². The molecule has 0 aliphatic heterocycles. The number of aliphatic hydroxyl groups excluding tert-OH is 2. The van der Waals surface area contributed by atoms with E-state index in [4.69, 9.17) is 10.2 Å². The average molecular weight is 191 g/mol. The van der Waals surface area contributed by atoms with E-state index in [0.29, 0.717) is 5.70 Å². The lowest BCUT2D eigenvalue weighted by molar-refractivity contribution is 0.318. The van der Waals surface area contributed by atoms with E-state index in [-0.39, 0.29) is 13.2 Å². The van der Waals surface area contributed by atoms with E-state index < -0.39 is 0 Å². The molecule has 0 fully saturated rings. The van der Waals surface area contributed by atoms with Crippen LogP contribution in [0.3, 0.4) is 0 Å². The summed E-state index contributed by atoms with van der Waals surface area (Å²) in [6.45, 7) is -0.272. The second-order valence-electron chi connectivity index (χ2n) is 2.71. The summed E-state index contributed by atoms with van der Waals surface area (Å²) in [5, 5.41) is 17.4. The molecule has 0 spiro atoms. The van der Waals surface area contributed by atoms with Gasteiger partial charge in [0.15, 0.2) is 0 Å². The summed E-state index contributed by atoms with van der Waals surface area (Å²) >= 11 is 0. The molecule has 0 aliphatic carbocycles. The minimum Gasteiger partial charge on any atom is -0.392 e. The van der Waals surface area contributed by atoms with Crippen molar-refractivity contribution in [1.29, 1.82) is 0 Å². The summed E-state index contributed by atoms with van der Waals surface area (Å²) < 4.78 is 0. The van der Waals surface area contributed by atoms with E-state index in [9.17, 15) is 0 Å². The Morgan fingerprint density at radius 2 is 1.93 bits per heavy atom. The topological polar surface area (TPSA) is 52.8 Å². The maximum Gasteiger partial charge on any atom is 0.0850 e. The van der Waals surface area contributed by atoms with Crippen LogP contribution in [0.4, 0.5) is 0 Å². The molecule has 14 heavy (non-hydrogen) atoms. The Morgan fingerprint density at radius 3 is 2.50 bits per heavy atom. The van der Waals surface area contributed by atoms with Crippen molar-refractivity contribution in [2.75, 3.05) is 13.2 Å². The fraction of sp³-hybridized carbons (Fsp3) is 0.182. The zero-order valence-electron chi connectivity index (χ0n) is 7.80. The van der Waals surface area contributed by atoms with Gasteiger partial charge < -0.3 is 10.2 Å². The Hall–Kier alpha value is -1.45. The maximum absolute atomic E-state index is 8.84. The minimum absolute atomic E-state index is 0.109. The molecule has 1 aromatic carbocycles. The largest absolute Gasteiger partial charge is 0.392 e. The minimum atomic E-state index is -0.163. The highest BCUT2D eigenvalue weighted by atomic mass is 16.3. The van der Waals surface area contributed by atoms with Gasteiger partial charge in [0.2, 0.25) is 0 Å². The van der Waals surface area contributed by atoms with Gasteiger partial charge in [-0.15, -0.1) is 0 Å². The van der Waals surface area contributed by atoms with Gasteiger partial charge in [-0.25, -0.2) is 0 Å².